The average molecular weight is 269 g/mol. The molecule has 2 aromatic rings. The first-order valence-electron chi connectivity index (χ1n) is 7.33. The van der Waals surface area contributed by atoms with Crippen molar-refractivity contribution in [3.63, 3.8) is 0 Å². The third kappa shape index (κ3) is 3.61. The van der Waals surface area contributed by atoms with Crippen LogP contribution in [0.3, 0.4) is 0 Å². The van der Waals surface area contributed by atoms with E-state index < -0.39 is 0 Å². The second-order valence-electron chi connectivity index (χ2n) is 5.07. The zero-order valence-corrected chi connectivity index (χ0v) is 12.3. The van der Waals surface area contributed by atoms with Crippen LogP contribution in [0.2, 0.25) is 0 Å². The molecule has 2 nitrogen and oxygen atoms in total. The third-order valence-corrected chi connectivity index (χ3v) is 3.70. The SMILES string of the molecule is CCc1ccc(CNC(CC)c2ccccc2O)cc1. The number of benzene rings is 2. The zero-order valence-electron chi connectivity index (χ0n) is 12.3. The topological polar surface area (TPSA) is 32.3 Å². The van der Waals surface area contributed by atoms with Crippen LogP contribution in [0.4, 0.5) is 0 Å². The predicted molar refractivity (Wildman–Crippen MR) is 83.8 cm³/mol. The lowest BCUT2D eigenvalue weighted by molar-refractivity contribution is 0.441. The molecule has 0 aromatic heterocycles. The van der Waals surface area contributed by atoms with Gasteiger partial charge in [-0.2, -0.15) is 0 Å². The van der Waals surface area contributed by atoms with Crippen LogP contribution in [-0.4, -0.2) is 5.11 Å². The molecule has 20 heavy (non-hydrogen) atoms. The van der Waals surface area contributed by atoms with Gasteiger partial charge in [0.2, 0.25) is 0 Å². The van der Waals surface area contributed by atoms with Crippen molar-refractivity contribution in [1.82, 2.24) is 5.32 Å². The van der Waals surface area contributed by atoms with Gasteiger partial charge in [0.25, 0.3) is 0 Å². The summed E-state index contributed by atoms with van der Waals surface area (Å²) in [5.41, 5.74) is 3.61. The molecule has 1 atom stereocenters. The van der Waals surface area contributed by atoms with Gasteiger partial charge in [0.15, 0.2) is 0 Å². The van der Waals surface area contributed by atoms with E-state index in [4.69, 9.17) is 0 Å². The van der Waals surface area contributed by atoms with Gasteiger partial charge >= 0.3 is 0 Å². The molecule has 0 aliphatic carbocycles. The number of hydrogen-bond donors (Lipinski definition) is 2. The van der Waals surface area contributed by atoms with Crippen molar-refractivity contribution in [1.29, 1.82) is 0 Å². The average Bonchev–Trinajstić information content (AvgIpc) is 2.50. The highest BCUT2D eigenvalue weighted by molar-refractivity contribution is 5.34. The molecule has 0 bridgehead atoms. The van der Waals surface area contributed by atoms with Crippen molar-refractivity contribution in [3.05, 3.63) is 65.2 Å². The standard InChI is InChI=1S/C18H23NO/c1-3-14-9-11-15(12-10-14)13-19-17(4-2)16-7-5-6-8-18(16)20/h5-12,17,19-20H,3-4,13H2,1-2H3. The fourth-order valence-corrected chi connectivity index (χ4v) is 2.39. The Labute approximate surface area is 121 Å². The maximum absolute atomic E-state index is 9.94. The molecule has 2 N–H and O–H groups in total. The molecule has 0 aliphatic heterocycles. The van der Waals surface area contributed by atoms with Gasteiger partial charge in [0, 0.05) is 18.2 Å². The van der Waals surface area contributed by atoms with Crippen molar-refractivity contribution in [2.75, 3.05) is 0 Å². The Bertz CT molecular complexity index is 533. The molecule has 0 amide bonds. The summed E-state index contributed by atoms with van der Waals surface area (Å²) in [6, 6.07) is 16.4. The maximum atomic E-state index is 9.94. The van der Waals surface area contributed by atoms with Crippen molar-refractivity contribution >= 4 is 0 Å². The Kier molecular flexibility index (Phi) is 5.19. The molecule has 2 heteroatoms. The van der Waals surface area contributed by atoms with Gasteiger partial charge in [-0.15, -0.1) is 0 Å². The van der Waals surface area contributed by atoms with Crippen LogP contribution in [0, 0.1) is 0 Å². The van der Waals surface area contributed by atoms with Crippen molar-refractivity contribution in [2.45, 2.75) is 39.3 Å². The minimum atomic E-state index is 0.182. The molecular formula is C18H23NO. The second-order valence-corrected chi connectivity index (χ2v) is 5.07. The molecule has 2 aromatic carbocycles. The lowest BCUT2D eigenvalue weighted by Gasteiger charge is -2.18. The number of nitrogens with one attached hydrogen (secondary N) is 1. The molecule has 0 aliphatic rings. The highest BCUT2D eigenvalue weighted by atomic mass is 16.3. The molecule has 106 valence electrons. The molecule has 0 saturated heterocycles. The van der Waals surface area contributed by atoms with Crippen LogP contribution in [0.15, 0.2) is 48.5 Å². The van der Waals surface area contributed by atoms with Gasteiger partial charge in [0.1, 0.15) is 5.75 Å². The first-order chi connectivity index (χ1) is 9.74. The van der Waals surface area contributed by atoms with E-state index in [1.807, 2.05) is 18.2 Å². The third-order valence-electron chi connectivity index (χ3n) is 3.70. The van der Waals surface area contributed by atoms with Gasteiger partial charge in [-0.05, 0) is 30.0 Å². The van der Waals surface area contributed by atoms with Crippen LogP contribution in [-0.2, 0) is 13.0 Å². The monoisotopic (exact) mass is 269 g/mol. The van der Waals surface area contributed by atoms with E-state index in [1.165, 1.54) is 11.1 Å². The number of rotatable bonds is 6. The zero-order chi connectivity index (χ0) is 14.4. The lowest BCUT2D eigenvalue weighted by Crippen LogP contribution is -2.20. The number of para-hydroxylation sites is 1. The van der Waals surface area contributed by atoms with E-state index >= 15 is 0 Å². The van der Waals surface area contributed by atoms with Crippen LogP contribution in [0.1, 0.15) is 43.0 Å². The number of aromatic hydroxyl groups is 1. The summed E-state index contributed by atoms with van der Waals surface area (Å²) in [4.78, 5) is 0. The Morgan fingerprint density at radius 1 is 0.950 bits per heavy atom. The molecule has 0 saturated carbocycles. The van der Waals surface area contributed by atoms with E-state index in [0.717, 1.165) is 24.9 Å². The molecule has 0 heterocycles. The van der Waals surface area contributed by atoms with Gasteiger partial charge in [-0.1, -0.05) is 56.3 Å². The fraction of sp³-hybridized carbons (Fsp3) is 0.333. The summed E-state index contributed by atoms with van der Waals surface area (Å²) in [7, 11) is 0. The Morgan fingerprint density at radius 2 is 1.60 bits per heavy atom. The number of hydrogen-bond acceptors (Lipinski definition) is 2. The molecule has 2 rings (SSSR count). The van der Waals surface area contributed by atoms with E-state index in [0.29, 0.717) is 5.75 Å². The van der Waals surface area contributed by atoms with Crippen molar-refractivity contribution in [2.24, 2.45) is 0 Å². The van der Waals surface area contributed by atoms with E-state index in [9.17, 15) is 5.11 Å². The van der Waals surface area contributed by atoms with E-state index in [-0.39, 0.29) is 6.04 Å². The fourth-order valence-electron chi connectivity index (χ4n) is 2.39. The second kappa shape index (κ2) is 7.11. The van der Waals surface area contributed by atoms with E-state index in [2.05, 4.69) is 43.4 Å². The minimum Gasteiger partial charge on any atom is -0.508 e. The molecule has 0 spiro atoms. The van der Waals surface area contributed by atoms with Gasteiger partial charge in [-0.25, -0.2) is 0 Å². The van der Waals surface area contributed by atoms with Crippen molar-refractivity contribution < 1.29 is 5.11 Å². The summed E-state index contributed by atoms with van der Waals surface area (Å²) in [6.45, 7) is 5.11. The predicted octanol–water partition coefficient (Wildman–Crippen LogP) is 4.20. The van der Waals surface area contributed by atoms with E-state index in [1.54, 1.807) is 6.07 Å². The Hall–Kier alpha value is -1.80. The summed E-state index contributed by atoms with van der Waals surface area (Å²) >= 11 is 0. The number of phenols is 1. The normalized spacial score (nSPS) is 12.3. The highest BCUT2D eigenvalue weighted by Gasteiger charge is 2.12. The van der Waals surface area contributed by atoms with Crippen LogP contribution < -0.4 is 5.32 Å². The van der Waals surface area contributed by atoms with Gasteiger partial charge < -0.3 is 10.4 Å². The van der Waals surface area contributed by atoms with Crippen molar-refractivity contribution in [3.8, 4) is 5.75 Å². The summed E-state index contributed by atoms with van der Waals surface area (Å²) < 4.78 is 0. The maximum Gasteiger partial charge on any atom is 0.120 e. The van der Waals surface area contributed by atoms with Gasteiger partial charge in [0.05, 0.1) is 0 Å². The Morgan fingerprint density at radius 3 is 2.20 bits per heavy atom. The number of aryl methyl sites for hydroxylation is 1. The van der Waals surface area contributed by atoms with Gasteiger partial charge in [-0.3, -0.25) is 0 Å². The summed E-state index contributed by atoms with van der Waals surface area (Å²) in [5.74, 6) is 0.369. The Balaban J connectivity index is 2.02. The first kappa shape index (κ1) is 14.6. The smallest absolute Gasteiger partial charge is 0.120 e. The number of phenolic OH excluding ortho intramolecular Hbond substituents is 1. The molecule has 0 fully saturated rings. The molecule has 0 radical (unpaired) electrons. The molecule has 1 unspecified atom stereocenters. The summed E-state index contributed by atoms with van der Waals surface area (Å²) in [5, 5.41) is 13.5. The lowest BCUT2D eigenvalue weighted by atomic mass is 10.0. The largest absolute Gasteiger partial charge is 0.508 e. The molecular weight excluding hydrogens is 246 g/mol. The van der Waals surface area contributed by atoms with Crippen LogP contribution >= 0.6 is 0 Å². The van der Waals surface area contributed by atoms with Crippen LogP contribution in [0.5, 0.6) is 5.75 Å². The van der Waals surface area contributed by atoms with Crippen LogP contribution in [0.25, 0.3) is 0 Å². The highest BCUT2D eigenvalue weighted by Crippen LogP contribution is 2.26. The summed E-state index contributed by atoms with van der Waals surface area (Å²) in [6.07, 6.45) is 2.02. The first-order valence-corrected chi connectivity index (χ1v) is 7.33. The minimum absolute atomic E-state index is 0.182. The quantitative estimate of drug-likeness (QED) is 0.824.